The number of amides is 1. The highest BCUT2D eigenvalue weighted by atomic mass is 16.6. The minimum absolute atomic E-state index is 0.0961. The Morgan fingerprint density at radius 1 is 1.42 bits per heavy atom. The summed E-state index contributed by atoms with van der Waals surface area (Å²) >= 11 is 0. The zero-order chi connectivity index (χ0) is 15.1. The van der Waals surface area contributed by atoms with Gasteiger partial charge in [0.05, 0.1) is 0 Å². The molecule has 19 heavy (non-hydrogen) atoms. The van der Waals surface area contributed by atoms with Crippen molar-refractivity contribution in [3.63, 3.8) is 0 Å². The first-order valence-electron chi connectivity index (χ1n) is 5.85. The highest BCUT2D eigenvalue weighted by Crippen LogP contribution is 2.09. The molecule has 0 fully saturated rings. The van der Waals surface area contributed by atoms with Gasteiger partial charge in [0, 0.05) is 6.42 Å². The molecule has 0 aliphatic rings. The molecule has 2 N–H and O–H groups in total. The Morgan fingerprint density at radius 2 is 2.00 bits per heavy atom. The fourth-order valence-corrected chi connectivity index (χ4v) is 1.18. The van der Waals surface area contributed by atoms with E-state index in [1.54, 1.807) is 39.0 Å². The number of carboxylic acids is 1. The lowest BCUT2D eigenvalue weighted by Gasteiger charge is -2.22. The fraction of sp³-hybridized carbons (Fsp3) is 0.429. The Morgan fingerprint density at radius 3 is 2.42 bits per heavy atom. The van der Waals surface area contributed by atoms with Crippen LogP contribution in [0, 0.1) is 0 Å². The van der Waals surface area contributed by atoms with Gasteiger partial charge in [0.2, 0.25) is 0 Å². The summed E-state index contributed by atoms with van der Waals surface area (Å²) in [7, 11) is 0. The number of allylic oxidation sites excluding steroid dienone is 3. The third kappa shape index (κ3) is 8.65. The van der Waals surface area contributed by atoms with Crippen LogP contribution in [0.2, 0.25) is 0 Å². The lowest BCUT2D eigenvalue weighted by atomic mass is 10.1. The van der Waals surface area contributed by atoms with Crippen molar-refractivity contribution < 1.29 is 19.4 Å². The lowest BCUT2D eigenvalue weighted by molar-refractivity contribution is -0.139. The molecule has 0 saturated carbocycles. The number of hydrogen-bond acceptors (Lipinski definition) is 3. The first-order chi connectivity index (χ1) is 8.65. The predicted molar refractivity (Wildman–Crippen MR) is 73.9 cm³/mol. The van der Waals surface area contributed by atoms with Crippen LogP contribution in [0.3, 0.4) is 0 Å². The molecule has 5 nitrogen and oxygen atoms in total. The minimum Gasteiger partial charge on any atom is -0.480 e. The summed E-state index contributed by atoms with van der Waals surface area (Å²) in [5.41, 5.74) is -0.101. The van der Waals surface area contributed by atoms with Gasteiger partial charge in [0.1, 0.15) is 11.6 Å². The van der Waals surface area contributed by atoms with Crippen LogP contribution in [-0.2, 0) is 9.53 Å². The second-order valence-electron chi connectivity index (χ2n) is 4.99. The summed E-state index contributed by atoms with van der Waals surface area (Å²) in [6.07, 6.45) is 4.18. The summed E-state index contributed by atoms with van der Waals surface area (Å²) in [5, 5.41) is 11.3. The first-order valence-corrected chi connectivity index (χ1v) is 5.85. The highest BCUT2D eigenvalue weighted by Gasteiger charge is 2.23. The third-order valence-corrected chi connectivity index (χ3v) is 1.92. The fourth-order valence-electron chi connectivity index (χ4n) is 1.18. The molecule has 0 spiro atoms. The molecule has 0 bridgehead atoms. The van der Waals surface area contributed by atoms with Crippen molar-refractivity contribution in [3.8, 4) is 0 Å². The minimum atomic E-state index is -1.14. The average molecular weight is 267 g/mol. The summed E-state index contributed by atoms with van der Waals surface area (Å²) in [6.45, 7) is 12.3. The predicted octanol–water partition coefficient (Wildman–Crippen LogP) is 2.65. The van der Waals surface area contributed by atoms with Gasteiger partial charge in [0.25, 0.3) is 0 Å². The summed E-state index contributed by atoms with van der Waals surface area (Å²) in [6, 6.07) is -1.07. The molecule has 0 aliphatic heterocycles. The van der Waals surface area contributed by atoms with E-state index in [0.29, 0.717) is 5.57 Å². The van der Waals surface area contributed by atoms with Crippen LogP contribution in [0.4, 0.5) is 4.79 Å². The van der Waals surface area contributed by atoms with E-state index in [0.717, 1.165) is 0 Å². The first kappa shape index (κ1) is 17.0. The van der Waals surface area contributed by atoms with Gasteiger partial charge in [0.15, 0.2) is 0 Å². The number of carboxylic acid groups (broad SMARTS) is 1. The largest absolute Gasteiger partial charge is 0.480 e. The number of rotatable bonds is 6. The van der Waals surface area contributed by atoms with E-state index in [9.17, 15) is 9.59 Å². The number of hydrogen-bond donors (Lipinski definition) is 2. The number of carbonyl (C=O) groups excluding carboxylic acids is 1. The van der Waals surface area contributed by atoms with Gasteiger partial charge in [-0.3, -0.25) is 0 Å². The summed E-state index contributed by atoms with van der Waals surface area (Å²) in [5.74, 6) is -1.14. The Kier molecular flexibility index (Phi) is 6.61. The van der Waals surface area contributed by atoms with Crippen LogP contribution >= 0.6 is 0 Å². The third-order valence-electron chi connectivity index (χ3n) is 1.92. The second-order valence-corrected chi connectivity index (χ2v) is 4.99. The van der Waals surface area contributed by atoms with Crippen molar-refractivity contribution in [2.75, 3.05) is 0 Å². The molecule has 0 aromatic carbocycles. The smallest absolute Gasteiger partial charge is 0.408 e. The quantitative estimate of drug-likeness (QED) is 0.725. The Hall–Kier alpha value is -2.04. The van der Waals surface area contributed by atoms with E-state index >= 15 is 0 Å². The van der Waals surface area contributed by atoms with E-state index in [1.807, 2.05) is 0 Å². The zero-order valence-electron chi connectivity index (χ0n) is 11.6. The van der Waals surface area contributed by atoms with Gasteiger partial charge in [-0.05, 0) is 20.8 Å². The average Bonchev–Trinajstić information content (AvgIpc) is 2.22. The van der Waals surface area contributed by atoms with Gasteiger partial charge >= 0.3 is 12.1 Å². The van der Waals surface area contributed by atoms with Crippen LogP contribution in [0.1, 0.15) is 27.2 Å². The molecule has 0 heterocycles. The lowest BCUT2D eigenvalue weighted by Crippen LogP contribution is -2.43. The van der Waals surface area contributed by atoms with E-state index < -0.39 is 23.7 Å². The van der Waals surface area contributed by atoms with Gasteiger partial charge in [-0.1, -0.05) is 37.0 Å². The summed E-state index contributed by atoms with van der Waals surface area (Å²) < 4.78 is 5.00. The van der Waals surface area contributed by atoms with Crippen LogP contribution in [0.25, 0.3) is 0 Å². The SMILES string of the molecule is C=C/C=C\C(=C)CC(NC(=O)OC(C)(C)C)C(=O)O. The van der Waals surface area contributed by atoms with E-state index in [-0.39, 0.29) is 6.42 Å². The number of carbonyl (C=O) groups is 2. The Bertz CT molecular complexity index is 391. The molecule has 0 saturated heterocycles. The van der Waals surface area contributed by atoms with Crippen LogP contribution in [-0.4, -0.2) is 28.8 Å². The van der Waals surface area contributed by atoms with Crippen molar-refractivity contribution >= 4 is 12.1 Å². The molecule has 1 amide bonds. The second kappa shape index (κ2) is 7.41. The Balaban J connectivity index is 4.55. The molecule has 0 rings (SSSR count). The van der Waals surface area contributed by atoms with Crippen LogP contribution in [0.15, 0.2) is 37.0 Å². The van der Waals surface area contributed by atoms with Crippen molar-refractivity contribution in [2.45, 2.75) is 38.8 Å². The standard InChI is InChI=1S/C14H21NO4/c1-6-7-8-10(2)9-11(12(16)17)15-13(18)19-14(3,4)5/h6-8,11H,1-2,9H2,3-5H3,(H,15,18)(H,16,17)/b8-7-. The molecule has 1 unspecified atom stereocenters. The molecule has 0 radical (unpaired) electrons. The van der Waals surface area contributed by atoms with E-state index in [4.69, 9.17) is 9.84 Å². The molecule has 0 aromatic heterocycles. The molecule has 0 aromatic rings. The van der Waals surface area contributed by atoms with Crippen molar-refractivity contribution in [2.24, 2.45) is 0 Å². The summed E-state index contributed by atoms with van der Waals surface area (Å²) in [4.78, 5) is 22.6. The highest BCUT2D eigenvalue weighted by molar-refractivity contribution is 5.80. The monoisotopic (exact) mass is 267 g/mol. The van der Waals surface area contributed by atoms with Crippen molar-refractivity contribution in [1.82, 2.24) is 5.32 Å². The topological polar surface area (TPSA) is 75.6 Å². The van der Waals surface area contributed by atoms with Crippen molar-refractivity contribution in [1.29, 1.82) is 0 Å². The van der Waals surface area contributed by atoms with Crippen LogP contribution in [0.5, 0.6) is 0 Å². The van der Waals surface area contributed by atoms with Gasteiger partial charge < -0.3 is 15.2 Å². The zero-order valence-corrected chi connectivity index (χ0v) is 11.6. The molecule has 1 atom stereocenters. The number of aliphatic carboxylic acids is 1. The number of alkyl carbamates (subject to hydrolysis) is 1. The molecule has 0 aliphatic carbocycles. The van der Waals surface area contributed by atoms with Gasteiger partial charge in [-0.25, -0.2) is 9.59 Å². The maximum atomic E-state index is 11.5. The van der Waals surface area contributed by atoms with Gasteiger partial charge in [-0.2, -0.15) is 0 Å². The normalized spacial score (nSPS) is 12.8. The number of ether oxygens (including phenoxy) is 1. The van der Waals surface area contributed by atoms with Gasteiger partial charge in [-0.15, -0.1) is 0 Å². The molecular weight excluding hydrogens is 246 g/mol. The van der Waals surface area contributed by atoms with E-state index in [1.165, 1.54) is 0 Å². The van der Waals surface area contributed by atoms with Crippen molar-refractivity contribution in [3.05, 3.63) is 37.0 Å². The molecular formula is C14H21NO4. The molecule has 5 heteroatoms. The number of nitrogens with one attached hydrogen (secondary N) is 1. The maximum absolute atomic E-state index is 11.5. The molecule has 106 valence electrons. The Labute approximate surface area is 113 Å². The van der Waals surface area contributed by atoms with Crippen LogP contribution < -0.4 is 5.32 Å². The maximum Gasteiger partial charge on any atom is 0.408 e. The van der Waals surface area contributed by atoms with E-state index in [2.05, 4.69) is 18.5 Å².